The minimum absolute atomic E-state index is 0.658. The molecule has 0 radical (unpaired) electrons. The molecule has 0 bridgehead atoms. The van der Waals surface area contributed by atoms with Gasteiger partial charge in [0.1, 0.15) is 5.75 Å². The summed E-state index contributed by atoms with van der Waals surface area (Å²) in [6.07, 6.45) is 1.99. The molecule has 24 heavy (non-hydrogen) atoms. The second-order valence-electron chi connectivity index (χ2n) is 6.25. The molecule has 3 nitrogen and oxygen atoms in total. The van der Waals surface area contributed by atoms with Gasteiger partial charge in [-0.25, -0.2) is 0 Å². The fourth-order valence-electron chi connectivity index (χ4n) is 2.95. The molecule has 4 heteroatoms. The molecule has 0 amide bonds. The summed E-state index contributed by atoms with van der Waals surface area (Å²) in [6, 6.07) is 12.3. The van der Waals surface area contributed by atoms with Crippen molar-refractivity contribution in [1.82, 2.24) is 5.06 Å². The van der Waals surface area contributed by atoms with E-state index in [-0.39, 0.29) is 0 Å². The fourth-order valence-corrected chi connectivity index (χ4v) is 3.16. The van der Waals surface area contributed by atoms with Gasteiger partial charge in [0.2, 0.25) is 0 Å². The number of hydrogen-bond acceptors (Lipinski definition) is 3. The molecular formula is C20H24ClNO2. The molecule has 1 aliphatic heterocycles. The van der Waals surface area contributed by atoms with Crippen LogP contribution in [-0.2, 0) is 17.8 Å². The van der Waals surface area contributed by atoms with E-state index in [1.54, 1.807) is 0 Å². The number of hydrogen-bond donors (Lipinski definition) is 0. The summed E-state index contributed by atoms with van der Waals surface area (Å²) in [5.74, 6) is 0.912. The van der Waals surface area contributed by atoms with E-state index < -0.39 is 0 Å². The molecule has 128 valence electrons. The lowest BCUT2D eigenvalue weighted by molar-refractivity contribution is -0.117. The highest BCUT2D eigenvalue weighted by atomic mass is 35.5. The first-order valence-corrected chi connectivity index (χ1v) is 8.85. The van der Waals surface area contributed by atoms with Crippen LogP contribution < -0.4 is 4.74 Å². The van der Waals surface area contributed by atoms with Gasteiger partial charge in [0.05, 0.1) is 13.2 Å². The third kappa shape index (κ3) is 4.29. The second kappa shape index (κ2) is 8.02. The summed E-state index contributed by atoms with van der Waals surface area (Å²) in [5, 5.41) is 2.84. The van der Waals surface area contributed by atoms with E-state index in [1.807, 2.05) is 23.3 Å². The Morgan fingerprint density at radius 2 is 2.04 bits per heavy atom. The Morgan fingerprint density at radius 3 is 2.83 bits per heavy atom. The van der Waals surface area contributed by atoms with Gasteiger partial charge >= 0.3 is 0 Å². The minimum Gasteiger partial charge on any atom is -0.493 e. The molecule has 3 rings (SSSR count). The van der Waals surface area contributed by atoms with Crippen LogP contribution in [0.5, 0.6) is 5.75 Å². The van der Waals surface area contributed by atoms with Gasteiger partial charge in [-0.05, 0) is 60.7 Å². The predicted octanol–water partition coefficient (Wildman–Crippen LogP) is 4.72. The Balaban J connectivity index is 1.56. The van der Waals surface area contributed by atoms with E-state index >= 15 is 0 Å². The van der Waals surface area contributed by atoms with Crippen molar-refractivity contribution in [2.45, 2.75) is 33.2 Å². The topological polar surface area (TPSA) is 21.7 Å². The number of rotatable bonds is 6. The number of hydroxylamine groups is 2. The molecule has 0 unspecified atom stereocenters. The van der Waals surface area contributed by atoms with E-state index in [4.69, 9.17) is 21.2 Å². The third-order valence-corrected chi connectivity index (χ3v) is 4.97. The van der Waals surface area contributed by atoms with Crippen LogP contribution in [-0.4, -0.2) is 24.8 Å². The quantitative estimate of drug-likeness (QED) is 0.756. The minimum atomic E-state index is 0.658. The highest BCUT2D eigenvalue weighted by molar-refractivity contribution is 6.31. The lowest BCUT2D eigenvalue weighted by atomic mass is 10.0. The van der Waals surface area contributed by atoms with Gasteiger partial charge in [-0.3, -0.25) is 4.84 Å². The van der Waals surface area contributed by atoms with Crippen LogP contribution in [0.15, 0.2) is 36.4 Å². The predicted molar refractivity (Wildman–Crippen MR) is 97.5 cm³/mol. The average molecular weight is 346 g/mol. The SMILES string of the molecule is Cc1c(Cl)ccc(CCOc2cccc(CN3CCCO3)c2)c1C. The van der Waals surface area contributed by atoms with Crippen molar-refractivity contribution in [3.8, 4) is 5.75 Å². The summed E-state index contributed by atoms with van der Waals surface area (Å²) in [6.45, 7) is 7.48. The zero-order chi connectivity index (χ0) is 16.9. The van der Waals surface area contributed by atoms with E-state index in [0.717, 1.165) is 48.9 Å². The lowest BCUT2D eigenvalue weighted by Crippen LogP contribution is -2.16. The van der Waals surface area contributed by atoms with Crippen molar-refractivity contribution < 1.29 is 9.57 Å². The van der Waals surface area contributed by atoms with Gasteiger partial charge in [-0.1, -0.05) is 29.8 Å². The van der Waals surface area contributed by atoms with Crippen molar-refractivity contribution in [2.24, 2.45) is 0 Å². The first-order chi connectivity index (χ1) is 11.6. The first kappa shape index (κ1) is 17.3. The second-order valence-corrected chi connectivity index (χ2v) is 6.66. The van der Waals surface area contributed by atoms with Gasteiger partial charge in [0, 0.05) is 24.5 Å². The zero-order valence-electron chi connectivity index (χ0n) is 14.3. The molecule has 0 spiro atoms. The van der Waals surface area contributed by atoms with Gasteiger partial charge in [0.15, 0.2) is 0 Å². The molecule has 2 aromatic carbocycles. The highest BCUT2D eigenvalue weighted by Crippen LogP contribution is 2.23. The lowest BCUT2D eigenvalue weighted by Gasteiger charge is -2.15. The maximum atomic E-state index is 6.16. The summed E-state index contributed by atoms with van der Waals surface area (Å²) in [5.41, 5.74) is 4.92. The molecule has 1 heterocycles. The first-order valence-electron chi connectivity index (χ1n) is 8.47. The highest BCUT2D eigenvalue weighted by Gasteiger charge is 2.13. The number of benzene rings is 2. The monoisotopic (exact) mass is 345 g/mol. The standard InChI is InChI=1S/C20H24ClNO2/c1-15-16(2)20(21)8-7-18(15)9-12-23-19-6-3-5-17(13-19)14-22-10-4-11-24-22/h3,5-8,13H,4,9-12,14H2,1-2H3. The van der Waals surface area contributed by atoms with Gasteiger partial charge in [-0.15, -0.1) is 0 Å². The van der Waals surface area contributed by atoms with Crippen LogP contribution >= 0.6 is 11.6 Å². The Bertz CT molecular complexity index is 696. The van der Waals surface area contributed by atoms with Crippen LogP contribution in [0.25, 0.3) is 0 Å². The Labute approximate surface area is 149 Å². The Morgan fingerprint density at radius 1 is 1.17 bits per heavy atom. The van der Waals surface area contributed by atoms with Crippen molar-refractivity contribution in [1.29, 1.82) is 0 Å². The van der Waals surface area contributed by atoms with Crippen LogP contribution in [0.2, 0.25) is 5.02 Å². The molecule has 1 fully saturated rings. The average Bonchev–Trinajstić information content (AvgIpc) is 3.08. The van der Waals surface area contributed by atoms with Gasteiger partial charge < -0.3 is 4.74 Å². The summed E-state index contributed by atoms with van der Waals surface area (Å²) >= 11 is 6.16. The smallest absolute Gasteiger partial charge is 0.119 e. The van der Waals surface area contributed by atoms with E-state index in [9.17, 15) is 0 Å². The summed E-state index contributed by atoms with van der Waals surface area (Å²) in [4.78, 5) is 5.55. The van der Waals surface area contributed by atoms with Crippen LogP contribution in [0, 0.1) is 13.8 Å². The molecule has 0 aromatic heterocycles. The number of ether oxygens (including phenoxy) is 1. The fraction of sp³-hybridized carbons (Fsp3) is 0.400. The van der Waals surface area contributed by atoms with E-state index in [1.165, 1.54) is 16.7 Å². The normalized spacial score (nSPS) is 15.0. The molecular weight excluding hydrogens is 322 g/mol. The maximum absolute atomic E-state index is 6.16. The molecule has 0 N–H and O–H groups in total. The van der Waals surface area contributed by atoms with Gasteiger partial charge in [-0.2, -0.15) is 5.06 Å². The van der Waals surface area contributed by atoms with Crippen molar-refractivity contribution in [3.05, 3.63) is 63.7 Å². The largest absolute Gasteiger partial charge is 0.493 e. The zero-order valence-corrected chi connectivity index (χ0v) is 15.1. The molecule has 2 aromatic rings. The van der Waals surface area contributed by atoms with E-state index in [2.05, 4.69) is 32.0 Å². The summed E-state index contributed by atoms with van der Waals surface area (Å²) < 4.78 is 5.95. The van der Waals surface area contributed by atoms with Crippen molar-refractivity contribution >= 4 is 11.6 Å². The molecule has 0 atom stereocenters. The molecule has 0 aliphatic carbocycles. The van der Waals surface area contributed by atoms with Crippen LogP contribution in [0.4, 0.5) is 0 Å². The van der Waals surface area contributed by atoms with Gasteiger partial charge in [0.25, 0.3) is 0 Å². The molecule has 1 saturated heterocycles. The third-order valence-electron chi connectivity index (χ3n) is 4.56. The van der Waals surface area contributed by atoms with E-state index in [0.29, 0.717) is 6.61 Å². The van der Waals surface area contributed by atoms with Crippen LogP contribution in [0.1, 0.15) is 28.7 Å². The molecule has 0 saturated carbocycles. The Kier molecular flexibility index (Phi) is 5.77. The molecule has 1 aliphatic rings. The van der Waals surface area contributed by atoms with Crippen molar-refractivity contribution in [2.75, 3.05) is 19.8 Å². The summed E-state index contributed by atoms with van der Waals surface area (Å²) in [7, 11) is 0. The van der Waals surface area contributed by atoms with Crippen LogP contribution in [0.3, 0.4) is 0 Å². The Hall–Kier alpha value is -1.55. The maximum Gasteiger partial charge on any atom is 0.119 e. The number of nitrogens with zero attached hydrogens (tertiary/aromatic N) is 1. The number of halogens is 1. The van der Waals surface area contributed by atoms with Crippen molar-refractivity contribution in [3.63, 3.8) is 0 Å².